The van der Waals surface area contributed by atoms with Crippen LogP contribution >= 0.6 is 0 Å². The van der Waals surface area contributed by atoms with Crippen molar-refractivity contribution in [3.05, 3.63) is 47.8 Å². The Morgan fingerprint density at radius 1 is 1.29 bits per heavy atom. The third kappa shape index (κ3) is 4.20. The fourth-order valence-electron chi connectivity index (χ4n) is 2.39. The average Bonchev–Trinajstić information content (AvgIpc) is 3.05. The zero-order chi connectivity index (χ0) is 17.5. The summed E-state index contributed by atoms with van der Waals surface area (Å²) in [6.07, 6.45) is 2.81. The lowest BCUT2D eigenvalue weighted by atomic mass is 10.1. The molecule has 0 saturated carbocycles. The predicted molar refractivity (Wildman–Crippen MR) is 91.9 cm³/mol. The standard InChI is InChI=1S/C17H23N5O2/c1-2-3-7-12(11-18)20-17(24)14-10-15(16(19)23)22(21-14)13-8-5-4-6-9-13/h4-6,8-10,12H,2-3,7,11,18H2,1H3,(H2,19,23)(H,20,24). The van der Waals surface area contributed by atoms with E-state index in [9.17, 15) is 9.59 Å². The molecule has 5 N–H and O–H groups in total. The summed E-state index contributed by atoms with van der Waals surface area (Å²) in [5, 5.41) is 7.09. The van der Waals surface area contributed by atoms with E-state index in [4.69, 9.17) is 11.5 Å². The van der Waals surface area contributed by atoms with E-state index in [1.165, 1.54) is 10.7 Å². The summed E-state index contributed by atoms with van der Waals surface area (Å²) in [5.74, 6) is -1.01. The van der Waals surface area contributed by atoms with Gasteiger partial charge in [-0.3, -0.25) is 9.59 Å². The van der Waals surface area contributed by atoms with Crippen molar-refractivity contribution >= 4 is 11.8 Å². The molecule has 2 amide bonds. The summed E-state index contributed by atoms with van der Waals surface area (Å²) >= 11 is 0. The molecule has 0 aliphatic heterocycles. The zero-order valence-electron chi connectivity index (χ0n) is 13.7. The number of unbranched alkanes of at least 4 members (excludes halogenated alkanes) is 1. The SMILES string of the molecule is CCCCC(CN)NC(=O)c1cc(C(N)=O)n(-c2ccccc2)n1. The smallest absolute Gasteiger partial charge is 0.272 e. The van der Waals surface area contributed by atoms with Crippen LogP contribution in [0.1, 0.15) is 47.2 Å². The molecule has 128 valence electrons. The lowest BCUT2D eigenvalue weighted by Crippen LogP contribution is -2.40. The van der Waals surface area contributed by atoms with Crippen molar-refractivity contribution in [1.29, 1.82) is 0 Å². The van der Waals surface area contributed by atoms with Crippen molar-refractivity contribution in [2.24, 2.45) is 11.5 Å². The number of carbonyl (C=O) groups is 2. The molecule has 0 radical (unpaired) electrons. The molecule has 1 aromatic carbocycles. The number of para-hydroxylation sites is 1. The van der Waals surface area contributed by atoms with Crippen LogP contribution in [0.4, 0.5) is 0 Å². The number of rotatable bonds is 8. The summed E-state index contributed by atoms with van der Waals surface area (Å²) in [4.78, 5) is 24.1. The normalized spacial score (nSPS) is 11.9. The number of benzene rings is 1. The van der Waals surface area contributed by atoms with Crippen LogP contribution in [0.25, 0.3) is 5.69 Å². The fourth-order valence-corrected chi connectivity index (χ4v) is 2.39. The Morgan fingerprint density at radius 2 is 2.00 bits per heavy atom. The van der Waals surface area contributed by atoms with Crippen molar-refractivity contribution in [2.75, 3.05) is 6.54 Å². The molecule has 1 unspecified atom stereocenters. The number of amides is 2. The Labute approximate surface area is 141 Å². The van der Waals surface area contributed by atoms with E-state index in [1.54, 1.807) is 12.1 Å². The van der Waals surface area contributed by atoms with Crippen molar-refractivity contribution in [2.45, 2.75) is 32.2 Å². The highest BCUT2D eigenvalue weighted by Crippen LogP contribution is 2.13. The summed E-state index contributed by atoms with van der Waals surface area (Å²) < 4.78 is 1.38. The molecule has 7 nitrogen and oxygen atoms in total. The molecule has 0 aliphatic carbocycles. The van der Waals surface area contributed by atoms with Crippen LogP contribution in [-0.2, 0) is 0 Å². The fraction of sp³-hybridized carbons (Fsp3) is 0.353. The van der Waals surface area contributed by atoms with Crippen molar-refractivity contribution in [3.8, 4) is 5.69 Å². The van der Waals surface area contributed by atoms with Gasteiger partial charge < -0.3 is 16.8 Å². The highest BCUT2D eigenvalue weighted by atomic mass is 16.2. The molecule has 2 aromatic rings. The van der Waals surface area contributed by atoms with E-state index in [0.717, 1.165) is 19.3 Å². The third-order valence-electron chi connectivity index (χ3n) is 3.72. The second-order valence-corrected chi connectivity index (χ2v) is 5.57. The summed E-state index contributed by atoms with van der Waals surface area (Å²) in [6.45, 7) is 2.43. The molecule has 1 atom stereocenters. The van der Waals surface area contributed by atoms with Crippen LogP contribution in [0.2, 0.25) is 0 Å². The van der Waals surface area contributed by atoms with Crippen LogP contribution in [-0.4, -0.2) is 34.2 Å². The van der Waals surface area contributed by atoms with E-state index < -0.39 is 5.91 Å². The molecule has 0 aliphatic rings. The number of carbonyl (C=O) groups excluding carboxylic acids is 2. The molecule has 24 heavy (non-hydrogen) atoms. The first-order valence-corrected chi connectivity index (χ1v) is 8.03. The molecular weight excluding hydrogens is 306 g/mol. The lowest BCUT2D eigenvalue weighted by molar-refractivity contribution is 0.0929. The van der Waals surface area contributed by atoms with Gasteiger partial charge in [-0.05, 0) is 18.6 Å². The van der Waals surface area contributed by atoms with Gasteiger partial charge in [0.05, 0.1) is 5.69 Å². The maximum absolute atomic E-state index is 12.4. The minimum atomic E-state index is -0.647. The molecule has 0 fully saturated rings. The molecule has 7 heteroatoms. The van der Waals surface area contributed by atoms with Gasteiger partial charge in [0.25, 0.3) is 11.8 Å². The van der Waals surface area contributed by atoms with E-state index in [2.05, 4.69) is 17.3 Å². The van der Waals surface area contributed by atoms with Crippen molar-refractivity contribution in [1.82, 2.24) is 15.1 Å². The Morgan fingerprint density at radius 3 is 2.58 bits per heavy atom. The number of primary amides is 1. The van der Waals surface area contributed by atoms with Crippen LogP contribution in [0.5, 0.6) is 0 Å². The van der Waals surface area contributed by atoms with E-state index in [0.29, 0.717) is 12.2 Å². The van der Waals surface area contributed by atoms with E-state index in [-0.39, 0.29) is 23.3 Å². The summed E-state index contributed by atoms with van der Waals surface area (Å²) in [6, 6.07) is 10.3. The van der Waals surface area contributed by atoms with Gasteiger partial charge in [0.2, 0.25) is 0 Å². The second kappa shape index (κ2) is 8.26. The minimum Gasteiger partial charge on any atom is -0.364 e. The molecule has 2 rings (SSSR count). The number of nitrogens with one attached hydrogen (secondary N) is 1. The number of hydrogen-bond donors (Lipinski definition) is 3. The van der Waals surface area contributed by atoms with Crippen molar-refractivity contribution < 1.29 is 9.59 Å². The average molecular weight is 329 g/mol. The van der Waals surface area contributed by atoms with Gasteiger partial charge in [0.1, 0.15) is 5.69 Å². The van der Waals surface area contributed by atoms with E-state index in [1.807, 2.05) is 18.2 Å². The van der Waals surface area contributed by atoms with Gasteiger partial charge in [0.15, 0.2) is 5.69 Å². The molecular formula is C17H23N5O2. The maximum Gasteiger partial charge on any atom is 0.272 e. The van der Waals surface area contributed by atoms with Crippen LogP contribution in [0.15, 0.2) is 36.4 Å². The Hall–Kier alpha value is -2.67. The van der Waals surface area contributed by atoms with Crippen LogP contribution < -0.4 is 16.8 Å². The van der Waals surface area contributed by atoms with E-state index >= 15 is 0 Å². The quantitative estimate of drug-likeness (QED) is 0.675. The highest BCUT2D eigenvalue weighted by molar-refractivity contribution is 5.97. The monoisotopic (exact) mass is 329 g/mol. The number of aromatic nitrogens is 2. The first-order valence-electron chi connectivity index (χ1n) is 8.03. The Kier molecular flexibility index (Phi) is 6.08. The minimum absolute atomic E-state index is 0.114. The summed E-state index contributed by atoms with van der Waals surface area (Å²) in [5.41, 5.74) is 12.1. The van der Waals surface area contributed by atoms with Gasteiger partial charge in [-0.1, -0.05) is 38.0 Å². The Balaban J connectivity index is 2.25. The number of nitrogens with two attached hydrogens (primary N) is 2. The predicted octanol–water partition coefficient (Wildman–Crippen LogP) is 1.22. The highest BCUT2D eigenvalue weighted by Gasteiger charge is 2.20. The Bertz CT molecular complexity index is 696. The largest absolute Gasteiger partial charge is 0.364 e. The molecule has 0 spiro atoms. The van der Waals surface area contributed by atoms with Crippen molar-refractivity contribution in [3.63, 3.8) is 0 Å². The van der Waals surface area contributed by atoms with Gasteiger partial charge >= 0.3 is 0 Å². The van der Waals surface area contributed by atoms with Gasteiger partial charge in [-0.25, -0.2) is 4.68 Å². The number of hydrogen-bond acceptors (Lipinski definition) is 4. The lowest BCUT2D eigenvalue weighted by Gasteiger charge is -2.15. The molecule has 1 heterocycles. The molecule has 0 bridgehead atoms. The number of nitrogens with zero attached hydrogens (tertiary/aromatic N) is 2. The van der Waals surface area contributed by atoms with Gasteiger partial charge in [-0.2, -0.15) is 5.10 Å². The first kappa shape index (κ1) is 17.7. The molecule has 0 saturated heterocycles. The topological polar surface area (TPSA) is 116 Å². The maximum atomic E-state index is 12.4. The van der Waals surface area contributed by atoms with Crippen LogP contribution in [0.3, 0.4) is 0 Å². The second-order valence-electron chi connectivity index (χ2n) is 5.57. The third-order valence-corrected chi connectivity index (χ3v) is 3.72. The first-order chi connectivity index (χ1) is 11.6. The van der Waals surface area contributed by atoms with Gasteiger partial charge in [-0.15, -0.1) is 0 Å². The zero-order valence-corrected chi connectivity index (χ0v) is 13.7. The summed E-state index contributed by atoms with van der Waals surface area (Å²) in [7, 11) is 0. The molecule has 1 aromatic heterocycles. The van der Waals surface area contributed by atoms with Gasteiger partial charge in [0, 0.05) is 18.7 Å². The van der Waals surface area contributed by atoms with Crippen LogP contribution in [0, 0.1) is 0 Å².